The molecule has 22 heavy (non-hydrogen) atoms. The molecule has 0 spiro atoms. The normalized spacial score (nSPS) is 25.8. The molecule has 5 nitrogen and oxygen atoms in total. The van der Waals surface area contributed by atoms with Crippen LogP contribution < -0.4 is 5.32 Å². The second kappa shape index (κ2) is 5.63. The van der Waals surface area contributed by atoms with Crippen LogP contribution in [0, 0.1) is 17.8 Å². The van der Waals surface area contributed by atoms with Crippen LogP contribution >= 0.6 is 0 Å². The van der Waals surface area contributed by atoms with Crippen LogP contribution in [0.2, 0.25) is 0 Å². The summed E-state index contributed by atoms with van der Waals surface area (Å²) >= 11 is 0. The van der Waals surface area contributed by atoms with Crippen molar-refractivity contribution >= 4 is 12.0 Å². The molecule has 2 aliphatic rings. The van der Waals surface area contributed by atoms with Gasteiger partial charge in [0, 0.05) is 20.1 Å². The van der Waals surface area contributed by atoms with Gasteiger partial charge in [0.2, 0.25) is 0 Å². The number of carboxylic acid groups (broad SMARTS) is 1. The van der Waals surface area contributed by atoms with Gasteiger partial charge in [0.1, 0.15) is 0 Å². The number of rotatable bonds is 5. The molecule has 1 fully saturated rings. The molecule has 3 rings (SSSR count). The van der Waals surface area contributed by atoms with Crippen molar-refractivity contribution in [1.29, 1.82) is 0 Å². The van der Waals surface area contributed by atoms with Crippen molar-refractivity contribution in [3.63, 3.8) is 0 Å². The van der Waals surface area contributed by atoms with E-state index in [1.54, 1.807) is 14.0 Å². The maximum atomic E-state index is 12.0. The van der Waals surface area contributed by atoms with Gasteiger partial charge in [-0.1, -0.05) is 31.2 Å². The van der Waals surface area contributed by atoms with Gasteiger partial charge in [-0.05, 0) is 35.3 Å². The maximum Gasteiger partial charge on any atom is 0.317 e. The molecule has 4 unspecified atom stereocenters. The van der Waals surface area contributed by atoms with E-state index in [1.165, 1.54) is 16.0 Å². The highest BCUT2D eigenvalue weighted by molar-refractivity contribution is 5.75. The topological polar surface area (TPSA) is 69.6 Å². The fourth-order valence-corrected chi connectivity index (χ4v) is 3.67. The number of hydrogen-bond donors (Lipinski definition) is 2. The first-order valence-corrected chi connectivity index (χ1v) is 7.78. The summed E-state index contributed by atoms with van der Waals surface area (Å²) in [6, 6.07) is 8.36. The number of nitrogens with zero attached hydrogens (tertiary/aromatic N) is 1. The predicted molar refractivity (Wildman–Crippen MR) is 82.7 cm³/mol. The molecule has 0 heterocycles. The molecule has 2 aliphatic carbocycles. The number of carbonyl (C=O) groups excluding carboxylic acids is 1. The van der Waals surface area contributed by atoms with Crippen LogP contribution in [-0.2, 0) is 11.2 Å². The summed E-state index contributed by atoms with van der Waals surface area (Å²) in [5.41, 5.74) is 2.90. The highest BCUT2D eigenvalue weighted by atomic mass is 16.4. The van der Waals surface area contributed by atoms with E-state index in [9.17, 15) is 9.59 Å². The van der Waals surface area contributed by atoms with Crippen molar-refractivity contribution in [2.75, 3.05) is 20.1 Å². The molecule has 5 heteroatoms. The third kappa shape index (κ3) is 2.67. The van der Waals surface area contributed by atoms with Gasteiger partial charge in [-0.15, -0.1) is 0 Å². The van der Waals surface area contributed by atoms with Gasteiger partial charge in [-0.2, -0.15) is 0 Å². The standard InChI is InChI=1S/C17H22N2O3/c1-10(16(20)21)9-19(2)17(22)18-8-14-13-7-11-5-3-4-6-12(11)15(13)14/h3-6,10,13-15H,7-9H2,1-2H3,(H,18,22)(H,20,21). The molecule has 0 bridgehead atoms. The average Bonchev–Trinajstić information content (AvgIpc) is 3.03. The lowest BCUT2D eigenvalue weighted by Gasteiger charge is -2.20. The van der Waals surface area contributed by atoms with Gasteiger partial charge >= 0.3 is 12.0 Å². The Hall–Kier alpha value is -2.04. The number of amides is 2. The lowest BCUT2D eigenvalue weighted by Crippen LogP contribution is -2.41. The summed E-state index contributed by atoms with van der Waals surface area (Å²) in [4.78, 5) is 24.3. The molecular weight excluding hydrogens is 280 g/mol. The molecule has 1 aromatic carbocycles. The van der Waals surface area contributed by atoms with Crippen LogP contribution in [0.4, 0.5) is 4.79 Å². The summed E-state index contributed by atoms with van der Waals surface area (Å²) in [7, 11) is 1.64. The zero-order valence-corrected chi connectivity index (χ0v) is 13.0. The Morgan fingerprint density at radius 1 is 1.41 bits per heavy atom. The Kier molecular flexibility index (Phi) is 3.81. The minimum atomic E-state index is -0.881. The smallest absolute Gasteiger partial charge is 0.317 e. The number of aliphatic carboxylic acids is 1. The van der Waals surface area contributed by atoms with Gasteiger partial charge in [0.05, 0.1) is 5.92 Å². The summed E-state index contributed by atoms with van der Waals surface area (Å²) in [5.74, 6) is 0.362. The zero-order valence-electron chi connectivity index (χ0n) is 13.0. The van der Waals surface area contributed by atoms with Gasteiger partial charge in [-0.3, -0.25) is 4.79 Å². The molecule has 0 aliphatic heterocycles. The van der Waals surface area contributed by atoms with Crippen molar-refractivity contribution in [1.82, 2.24) is 10.2 Å². The molecular formula is C17H22N2O3. The summed E-state index contributed by atoms with van der Waals surface area (Å²) in [5, 5.41) is 11.8. The molecule has 1 aromatic rings. The van der Waals surface area contributed by atoms with Gasteiger partial charge in [-0.25, -0.2) is 4.79 Å². The van der Waals surface area contributed by atoms with Crippen LogP contribution in [0.5, 0.6) is 0 Å². The second-order valence-electron chi connectivity index (χ2n) is 6.56. The lowest BCUT2D eigenvalue weighted by atomic mass is 10.0. The van der Waals surface area contributed by atoms with E-state index >= 15 is 0 Å². The van der Waals surface area contributed by atoms with E-state index in [1.807, 2.05) is 0 Å². The lowest BCUT2D eigenvalue weighted by molar-refractivity contribution is -0.141. The summed E-state index contributed by atoms with van der Waals surface area (Å²) < 4.78 is 0. The Morgan fingerprint density at radius 3 is 2.86 bits per heavy atom. The van der Waals surface area contributed by atoms with Gasteiger partial charge < -0.3 is 15.3 Å². The fourth-order valence-electron chi connectivity index (χ4n) is 3.67. The Bertz CT molecular complexity index is 601. The fraction of sp³-hybridized carbons (Fsp3) is 0.529. The van der Waals surface area contributed by atoms with Crippen LogP contribution in [0.1, 0.15) is 24.0 Å². The molecule has 4 atom stereocenters. The number of carboxylic acids is 1. The molecule has 2 N–H and O–H groups in total. The van der Waals surface area contributed by atoms with Crippen molar-refractivity contribution in [3.05, 3.63) is 35.4 Å². The quantitative estimate of drug-likeness (QED) is 0.873. The Labute approximate surface area is 130 Å². The zero-order chi connectivity index (χ0) is 15.9. The van der Waals surface area contributed by atoms with Crippen molar-refractivity contribution in [2.24, 2.45) is 17.8 Å². The molecule has 118 valence electrons. The average molecular weight is 302 g/mol. The van der Waals surface area contributed by atoms with E-state index in [0.29, 0.717) is 24.3 Å². The van der Waals surface area contributed by atoms with Gasteiger partial charge in [0.15, 0.2) is 0 Å². The molecule has 0 radical (unpaired) electrons. The van der Waals surface area contributed by atoms with Crippen molar-refractivity contribution in [2.45, 2.75) is 19.3 Å². The highest BCUT2D eigenvalue weighted by Gasteiger charge is 2.55. The van der Waals surface area contributed by atoms with E-state index < -0.39 is 11.9 Å². The third-order valence-corrected chi connectivity index (χ3v) is 5.01. The number of fused-ring (bicyclic) bond motifs is 3. The van der Waals surface area contributed by atoms with Crippen LogP contribution in [-0.4, -0.2) is 42.1 Å². The largest absolute Gasteiger partial charge is 0.481 e. The van der Waals surface area contributed by atoms with Crippen LogP contribution in [0.25, 0.3) is 0 Å². The highest BCUT2D eigenvalue weighted by Crippen LogP contribution is 2.60. The summed E-state index contributed by atoms with van der Waals surface area (Å²) in [6.45, 7) is 2.50. The Balaban J connectivity index is 1.47. The number of carbonyl (C=O) groups is 2. The molecule has 0 aromatic heterocycles. The first-order chi connectivity index (χ1) is 10.5. The molecule has 0 saturated heterocycles. The van der Waals surface area contributed by atoms with Crippen LogP contribution in [0.15, 0.2) is 24.3 Å². The number of urea groups is 1. The van der Waals surface area contributed by atoms with Crippen molar-refractivity contribution < 1.29 is 14.7 Å². The number of benzene rings is 1. The number of hydrogen-bond acceptors (Lipinski definition) is 2. The molecule has 2 amide bonds. The van der Waals surface area contributed by atoms with E-state index in [2.05, 4.69) is 29.6 Å². The monoisotopic (exact) mass is 302 g/mol. The van der Waals surface area contributed by atoms with E-state index in [0.717, 1.165) is 6.42 Å². The first-order valence-electron chi connectivity index (χ1n) is 7.78. The minimum absolute atomic E-state index is 0.189. The van der Waals surface area contributed by atoms with Crippen molar-refractivity contribution in [3.8, 4) is 0 Å². The summed E-state index contributed by atoms with van der Waals surface area (Å²) in [6.07, 6.45) is 1.12. The Morgan fingerprint density at radius 2 is 2.14 bits per heavy atom. The van der Waals surface area contributed by atoms with E-state index in [-0.39, 0.29) is 12.6 Å². The van der Waals surface area contributed by atoms with E-state index in [4.69, 9.17) is 5.11 Å². The minimum Gasteiger partial charge on any atom is -0.481 e. The third-order valence-electron chi connectivity index (χ3n) is 5.01. The van der Waals surface area contributed by atoms with Gasteiger partial charge in [0.25, 0.3) is 0 Å². The molecule has 1 saturated carbocycles. The predicted octanol–water partition coefficient (Wildman–Crippen LogP) is 1.93. The van der Waals surface area contributed by atoms with Crippen LogP contribution in [0.3, 0.4) is 0 Å². The number of nitrogens with one attached hydrogen (secondary N) is 1. The maximum absolute atomic E-state index is 12.0. The second-order valence-corrected chi connectivity index (χ2v) is 6.56. The SMILES string of the molecule is CC(CN(C)C(=O)NCC1C2Cc3ccccc3C12)C(=O)O. The first kappa shape index (κ1) is 14.9.